The second-order valence-electron chi connectivity index (χ2n) is 10.2. The molecule has 0 spiro atoms. The van der Waals surface area contributed by atoms with E-state index in [9.17, 15) is 18.3 Å². The number of hydrogen-bond donors (Lipinski definition) is 0. The van der Waals surface area contributed by atoms with E-state index in [4.69, 9.17) is 4.74 Å². The van der Waals surface area contributed by atoms with Crippen LogP contribution in [-0.4, -0.2) is 26.7 Å². The third kappa shape index (κ3) is 6.75. The van der Waals surface area contributed by atoms with E-state index < -0.39 is 15.8 Å². The summed E-state index contributed by atoms with van der Waals surface area (Å²) in [5.41, 5.74) is 3.32. The van der Waals surface area contributed by atoms with Crippen molar-refractivity contribution < 1.29 is 23.1 Å². The van der Waals surface area contributed by atoms with Crippen LogP contribution in [-0.2, 0) is 15.3 Å². The van der Waals surface area contributed by atoms with Crippen LogP contribution >= 0.6 is 0 Å². The lowest BCUT2D eigenvalue weighted by Crippen LogP contribution is -2.21. The normalized spacial score (nSPS) is 16.9. The fraction of sp³-hybridized carbons (Fsp3) is 0.483. The highest BCUT2D eigenvalue weighted by Gasteiger charge is 2.34. The van der Waals surface area contributed by atoms with Gasteiger partial charge in [0.05, 0.1) is 23.2 Å². The number of fused-ring (bicyclic) bond motifs is 1. The Labute approximate surface area is 210 Å². The van der Waals surface area contributed by atoms with Crippen LogP contribution < -0.4 is 9.84 Å². The van der Waals surface area contributed by atoms with Gasteiger partial charge in [0.15, 0.2) is 9.84 Å². The van der Waals surface area contributed by atoms with Crippen LogP contribution in [0.1, 0.15) is 99.7 Å². The second-order valence-corrected chi connectivity index (χ2v) is 12.2. The number of carboxylic acid groups (broad SMARTS) is 1. The Hall–Kier alpha value is -2.60. The third-order valence-electron chi connectivity index (χ3n) is 6.82. The quantitative estimate of drug-likeness (QED) is 0.306. The van der Waals surface area contributed by atoms with Gasteiger partial charge in [-0.15, -0.1) is 0 Å². The first-order valence-corrected chi connectivity index (χ1v) is 14.2. The Balaban J connectivity index is 2.03. The molecule has 1 aliphatic rings. The van der Waals surface area contributed by atoms with E-state index in [1.54, 1.807) is 18.2 Å². The first-order chi connectivity index (χ1) is 16.5. The van der Waals surface area contributed by atoms with Crippen molar-refractivity contribution in [2.24, 2.45) is 0 Å². The Bertz CT molecular complexity index is 1170. The second kappa shape index (κ2) is 11.4. The van der Waals surface area contributed by atoms with Crippen LogP contribution in [0.3, 0.4) is 0 Å². The van der Waals surface area contributed by atoms with Crippen molar-refractivity contribution in [1.82, 2.24) is 0 Å². The first-order valence-electron chi connectivity index (χ1n) is 12.6. The van der Waals surface area contributed by atoms with Crippen LogP contribution in [0, 0.1) is 0 Å². The molecule has 0 aliphatic carbocycles. The Morgan fingerprint density at radius 3 is 2.43 bits per heavy atom. The summed E-state index contributed by atoms with van der Waals surface area (Å²) in [5.74, 6) is -0.472. The van der Waals surface area contributed by atoms with Crippen LogP contribution in [0.5, 0.6) is 5.75 Å². The average Bonchev–Trinajstić information content (AvgIpc) is 2.89. The van der Waals surface area contributed by atoms with Crippen molar-refractivity contribution in [2.75, 3.05) is 12.4 Å². The summed E-state index contributed by atoms with van der Waals surface area (Å²) >= 11 is 0. The number of sulfone groups is 1. The van der Waals surface area contributed by atoms with Crippen LogP contribution in [0.15, 0.2) is 41.3 Å². The van der Waals surface area contributed by atoms with E-state index in [0.717, 1.165) is 41.5 Å². The fourth-order valence-corrected chi connectivity index (χ4v) is 6.36. The molecule has 1 aliphatic heterocycles. The lowest BCUT2D eigenvalue weighted by molar-refractivity contribution is -0.255. The molecule has 0 N–H and O–H groups in total. The molecule has 0 fully saturated rings. The fourth-order valence-electron chi connectivity index (χ4n) is 4.65. The molecule has 5 nitrogen and oxygen atoms in total. The highest BCUT2D eigenvalue weighted by molar-refractivity contribution is 7.91. The number of carbonyl (C=O) groups excluding carboxylic acids is 1. The summed E-state index contributed by atoms with van der Waals surface area (Å²) in [7, 11) is -3.39. The minimum absolute atomic E-state index is 0.129. The molecule has 190 valence electrons. The van der Waals surface area contributed by atoms with E-state index >= 15 is 0 Å². The van der Waals surface area contributed by atoms with Crippen molar-refractivity contribution in [2.45, 2.75) is 83.0 Å². The molecular weight excluding hydrogens is 460 g/mol. The van der Waals surface area contributed by atoms with Crippen LogP contribution in [0.25, 0.3) is 11.6 Å². The SMILES string of the molecule is CCCCCCCOc1cc2c(cc1/C(C)=C/c1ccc(C(=O)[O-])cc1)C(C)(C)CCCS2(=O)=O. The van der Waals surface area contributed by atoms with Crippen LogP contribution in [0.2, 0.25) is 0 Å². The summed E-state index contributed by atoms with van der Waals surface area (Å²) in [6.07, 6.45) is 8.94. The molecule has 0 bridgehead atoms. The molecule has 0 saturated heterocycles. The minimum atomic E-state index is -3.39. The van der Waals surface area contributed by atoms with E-state index in [1.807, 2.05) is 19.1 Å². The monoisotopic (exact) mass is 497 g/mol. The number of hydrogen-bond acceptors (Lipinski definition) is 5. The van der Waals surface area contributed by atoms with E-state index in [0.29, 0.717) is 23.7 Å². The predicted molar refractivity (Wildman–Crippen MR) is 139 cm³/mol. The molecule has 0 unspecified atom stereocenters. The van der Waals surface area contributed by atoms with E-state index in [1.165, 1.54) is 31.4 Å². The largest absolute Gasteiger partial charge is 0.545 e. The van der Waals surface area contributed by atoms with Gasteiger partial charge in [0.1, 0.15) is 5.75 Å². The van der Waals surface area contributed by atoms with Gasteiger partial charge in [-0.2, -0.15) is 0 Å². The number of unbranched alkanes of at least 4 members (excludes halogenated alkanes) is 4. The summed E-state index contributed by atoms with van der Waals surface area (Å²) < 4.78 is 32.4. The maximum absolute atomic E-state index is 13.1. The molecule has 3 rings (SSSR count). The summed E-state index contributed by atoms with van der Waals surface area (Å²) in [6.45, 7) is 8.89. The maximum atomic E-state index is 13.1. The molecule has 2 aromatic carbocycles. The molecule has 2 aromatic rings. The Kier molecular flexibility index (Phi) is 8.81. The maximum Gasteiger partial charge on any atom is 0.178 e. The number of benzene rings is 2. The predicted octanol–water partition coefficient (Wildman–Crippen LogP) is 5.80. The van der Waals surface area contributed by atoms with E-state index in [-0.39, 0.29) is 16.7 Å². The van der Waals surface area contributed by atoms with Crippen LogP contribution in [0.4, 0.5) is 0 Å². The van der Waals surface area contributed by atoms with Gasteiger partial charge in [-0.25, -0.2) is 8.42 Å². The smallest absolute Gasteiger partial charge is 0.178 e. The number of rotatable bonds is 10. The highest BCUT2D eigenvalue weighted by Crippen LogP contribution is 2.42. The number of aromatic carboxylic acids is 1. The van der Waals surface area contributed by atoms with Gasteiger partial charge in [0.2, 0.25) is 0 Å². The molecule has 0 radical (unpaired) electrons. The molecule has 6 heteroatoms. The van der Waals surface area contributed by atoms with Crippen molar-refractivity contribution in [3.63, 3.8) is 0 Å². The molecular formula is C29H37O5S-. The van der Waals surface area contributed by atoms with E-state index in [2.05, 4.69) is 20.8 Å². The summed E-state index contributed by atoms with van der Waals surface area (Å²) in [4.78, 5) is 11.5. The standard InChI is InChI=1S/C29H38O5S/c1-5-6-7-8-9-16-34-26-20-27-25(29(3,4)15-10-17-35(27,32)33)19-24(26)21(2)18-22-11-13-23(14-12-22)28(30)31/h11-14,18-20H,5-10,15-17H2,1-4H3,(H,30,31)/p-1/b21-18+. The minimum Gasteiger partial charge on any atom is -0.545 e. The lowest BCUT2D eigenvalue weighted by Gasteiger charge is -2.26. The van der Waals surface area contributed by atoms with Gasteiger partial charge in [0.25, 0.3) is 0 Å². The molecule has 0 atom stereocenters. The number of ether oxygens (including phenoxy) is 1. The van der Waals surface area contributed by atoms with Crippen molar-refractivity contribution >= 4 is 27.5 Å². The van der Waals surface area contributed by atoms with Crippen molar-refractivity contribution in [1.29, 1.82) is 0 Å². The van der Waals surface area contributed by atoms with Gasteiger partial charge in [-0.3, -0.25) is 0 Å². The van der Waals surface area contributed by atoms with Gasteiger partial charge in [0, 0.05) is 5.56 Å². The average molecular weight is 498 g/mol. The third-order valence-corrected chi connectivity index (χ3v) is 8.65. The Morgan fingerprint density at radius 2 is 1.77 bits per heavy atom. The van der Waals surface area contributed by atoms with Gasteiger partial charge in [-0.1, -0.05) is 76.8 Å². The summed E-state index contributed by atoms with van der Waals surface area (Å²) in [6, 6.07) is 10.2. The Morgan fingerprint density at radius 1 is 1.09 bits per heavy atom. The molecule has 1 heterocycles. The first kappa shape index (κ1) is 27.0. The van der Waals surface area contributed by atoms with Crippen molar-refractivity contribution in [3.05, 3.63) is 58.7 Å². The molecule has 0 amide bonds. The van der Waals surface area contributed by atoms with Gasteiger partial charge < -0.3 is 14.6 Å². The van der Waals surface area contributed by atoms with Gasteiger partial charge in [-0.05, 0) is 66.0 Å². The lowest BCUT2D eigenvalue weighted by atomic mass is 9.79. The van der Waals surface area contributed by atoms with Gasteiger partial charge >= 0.3 is 0 Å². The molecule has 35 heavy (non-hydrogen) atoms. The summed E-state index contributed by atoms with van der Waals surface area (Å²) in [5, 5.41) is 11.1. The zero-order valence-electron chi connectivity index (χ0n) is 21.4. The zero-order valence-corrected chi connectivity index (χ0v) is 22.2. The molecule has 0 saturated carbocycles. The topological polar surface area (TPSA) is 83.5 Å². The zero-order chi connectivity index (χ0) is 25.6. The van der Waals surface area contributed by atoms with Crippen molar-refractivity contribution in [3.8, 4) is 5.75 Å². The molecule has 0 aromatic heterocycles. The highest BCUT2D eigenvalue weighted by atomic mass is 32.2. The number of carbonyl (C=O) groups is 1. The number of allylic oxidation sites excluding steroid dienone is 1. The number of carboxylic acids is 1.